The Morgan fingerprint density at radius 1 is 1.59 bits per heavy atom. The Hall–Kier alpha value is -1.34. The van der Waals surface area contributed by atoms with Gasteiger partial charge in [0.25, 0.3) is 0 Å². The summed E-state index contributed by atoms with van der Waals surface area (Å²) in [4.78, 5) is 2.42. The molecule has 0 N–H and O–H groups in total. The number of hydrogen-bond donors (Lipinski definition) is 0. The van der Waals surface area contributed by atoms with E-state index in [1.807, 2.05) is 11.7 Å². The van der Waals surface area contributed by atoms with Gasteiger partial charge in [0.05, 0.1) is 17.5 Å². The van der Waals surface area contributed by atoms with Crippen LogP contribution in [-0.4, -0.2) is 27.3 Å². The molecule has 0 bridgehead atoms. The smallest absolute Gasteiger partial charge is 0.0635 e. The molecule has 1 aromatic rings. The number of aryl methyl sites for hydroxylation is 2. The third-order valence-electron chi connectivity index (χ3n) is 3.33. The second-order valence-corrected chi connectivity index (χ2v) is 4.71. The summed E-state index contributed by atoms with van der Waals surface area (Å²) in [6.45, 7) is 3.93. The predicted molar refractivity (Wildman–Crippen MR) is 66.2 cm³/mol. The van der Waals surface area contributed by atoms with Crippen molar-refractivity contribution in [3.63, 3.8) is 0 Å². The first-order valence-electron chi connectivity index (χ1n) is 6.37. The van der Waals surface area contributed by atoms with Crippen molar-refractivity contribution in [1.82, 2.24) is 14.7 Å². The van der Waals surface area contributed by atoms with Crippen LogP contribution in [0, 0.1) is 11.3 Å². The lowest BCUT2D eigenvalue weighted by atomic mass is 10.3. The summed E-state index contributed by atoms with van der Waals surface area (Å²) in [5.74, 6) is 0. The van der Waals surface area contributed by atoms with E-state index in [1.54, 1.807) is 0 Å². The summed E-state index contributed by atoms with van der Waals surface area (Å²) in [6.07, 6.45) is 4.16. The van der Waals surface area contributed by atoms with Crippen molar-refractivity contribution in [3.05, 3.63) is 17.5 Å². The van der Waals surface area contributed by atoms with Crippen LogP contribution < -0.4 is 0 Å². The number of nitriles is 1. The molecule has 0 saturated heterocycles. The molecule has 0 radical (unpaired) electrons. The molecule has 0 atom stereocenters. The molecular weight excluding hydrogens is 212 g/mol. The highest BCUT2D eigenvalue weighted by Crippen LogP contribution is 2.28. The summed E-state index contributed by atoms with van der Waals surface area (Å²) >= 11 is 0. The zero-order chi connectivity index (χ0) is 12.3. The Kier molecular flexibility index (Phi) is 3.80. The second kappa shape index (κ2) is 5.33. The summed E-state index contributed by atoms with van der Waals surface area (Å²) in [7, 11) is 2.00. The van der Waals surface area contributed by atoms with Crippen molar-refractivity contribution >= 4 is 0 Å². The molecule has 0 aliphatic heterocycles. The van der Waals surface area contributed by atoms with E-state index in [2.05, 4.69) is 29.1 Å². The van der Waals surface area contributed by atoms with Gasteiger partial charge in [-0.1, -0.05) is 6.92 Å². The van der Waals surface area contributed by atoms with E-state index in [0.29, 0.717) is 12.5 Å². The first-order chi connectivity index (χ1) is 8.24. The summed E-state index contributed by atoms with van der Waals surface area (Å²) < 4.78 is 1.97. The van der Waals surface area contributed by atoms with Crippen molar-refractivity contribution < 1.29 is 0 Å². The van der Waals surface area contributed by atoms with E-state index < -0.39 is 0 Å². The van der Waals surface area contributed by atoms with Crippen molar-refractivity contribution in [2.24, 2.45) is 7.05 Å². The van der Waals surface area contributed by atoms with Gasteiger partial charge in [0, 0.05) is 32.6 Å². The van der Waals surface area contributed by atoms with Crippen LogP contribution in [0.15, 0.2) is 6.07 Å². The van der Waals surface area contributed by atoms with Crippen LogP contribution in [0.1, 0.15) is 37.6 Å². The molecule has 17 heavy (non-hydrogen) atoms. The van der Waals surface area contributed by atoms with Gasteiger partial charge in [0.1, 0.15) is 0 Å². The summed E-state index contributed by atoms with van der Waals surface area (Å²) in [6, 6.07) is 5.11. The van der Waals surface area contributed by atoms with Crippen LogP contribution in [0.3, 0.4) is 0 Å². The van der Waals surface area contributed by atoms with Gasteiger partial charge in [-0.05, 0) is 25.3 Å². The standard InChI is InChI=1S/C13H20N4/c1-3-11-9-13(16(2)15-11)10-17(8-4-7-14)12-5-6-12/h9,12H,3-6,8,10H2,1-2H3. The van der Waals surface area contributed by atoms with E-state index in [0.717, 1.165) is 25.2 Å². The molecule has 4 nitrogen and oxygen atoms in total. The highest BCUT2D eigenvalue weighted by molar-refractivity contribution is 5.10. The van der Waals surface area contributed by atoms with E-state index in [1.165, 1.54) is 18.5 Å². The van der Waals surface area contributed by atoms with Crippen molar-refractivity contribution in [2.45, 2.75) is 45.2 Å². The normalized spacial score (nSPS) is 15.2. The minimum absolute atomic E-state index is 0.620. The zero-order valence-electron chi connectivity index (χ0n) is 10.7. The largest absolute Gasteiger partial charge is 0.294 e. The maximum atomic E-state index is 8.69. The van der Waals surface area contributed by atoms with Crippen LogP contribution in [0.2, 0.25) is 0 Å². The lowest BCUT2D eigenvalue weighted by molar-refractivity contribution is 0.254. The van der Waals surface area contributed by atoms with Crippen LogP contribution in [0.4, 0.5) is 0 Å². The van der Waals surface area contributed by atoms with Gasteiger partial charge < -0.3 is 0 Å². The van der Waals surface area contributed by atoms with E-state index in [4.69, 9.17) is 5.26 Å². The number of rotatable bonds is 6. The molecule has 1 aliphatic rings. The Labute approximate surface area is 103 Å². The number of aromatic nitrogens is 2. The number of nitrogens with zero attached hydrogens (tertiary/aromatic N) is 4. The van der Waals surface area contributed by atoms with Crippen LogP contribution >= 0.6 is 0 Å². The summed E-state index contributed by atoms with van der Waals surface area (Å²) in [5, 5.41) is 13.2. The lowest BCUT2D eigenvalue weighted by Crippen LogP contribution is -2.27. The van der Waals surface area contributed by atoms with E-state index in [9.17, 15) is 0 Å². The highest BCUT2D eigenvalue weighted by atomic mass is 15.3. The molecule has 1 aromatic heterocycles. The monoisotopic (exact) mass is 232 g/mol. The topological polar surface area (TPSA) is 44.9 Å². The quantitative estimate of drug-likeness (QED) is 0.752. The average Bonchev–Trinajstić information content (AvgIpc) is 3.10. The Balaban J connectivity index is 2.00. The minimum Gasteiger partial charge on any atom is -0.294 e. The Morgan fingerprint density at radius 3 is 2.88 bits per heavy atom. The van der Waals surface area contributed by atoms with Gasteiger partial charge in [0.15, 0.2) is 0 Å². The molecule has 92 valence electrons. The minimum atomic E-state index is 0.620. The molecule has 0 aromatic carbocycles. The van der Waals surface area contributed by atoms with Gasteiger partial charge >= 0.3 is 0 Å². The molecule has 2 rings (SSSR count). The molecule has 4 heteroatoms. The zero-order valence-corrected chi connectivity index (χ0v) is 10.7. The second-order valence-electron chi connectivity index (χ2n) is 4.71. The van der Waals surface area contributed by atoms with Gasteiger partial charge in [-0.15, -0.1) is 0 Å². The maximum Gasteiger partial charge on any atom is 0.0635 e. The first kappa shape index (κ1) is 12.1. The highest BCUT2D eigenvalue weighted by Gasteiger charge is 2.29. The molecular formula is C13H20N4. The molecule has 0 unspecified atom stereocenters. The van der Waals surface area contributed by atoms with Crippen molar-refractivity contribution in [2.75, 3.05) is 6.54 Å². The fourth-order valence-corrected chi connectivity index (χ4v) is 2.12. The maximum absolute atomic E-state index is 8.69. The van der Waals surface area contributed by atoms with Crippen molar-refractivity contribution in [3.8, 4) is 6.07 Å². The summed E-state index contributed by atoms with van der Waals surface area (Å²) in [5.41, 5.74) is 2.41. The van der Waals surface area contributed by atoms with Gasteiger partial charge in [-0.3, -0.25) is 9.58 Å². The molecule has 1 aliphatic carbocycles. The van der Waals surface area contributed by atoms with Crippen LogP contribution in [0.25, 0.3) is 0 Å². The van der Waals surface area contributed by atoms with Gasteiger partial charge in [0.2, 0.25) is 0 Å². The fraction of sp³-hybridized carbons (Fsp3) is 0.692. The Morgan fingerprint density at radius 2 is 2.35 bits per heavy atom. The average molecular weight is 232 g/mol. The SMILES string of the molecule is CCc1cc(CN(CCC#N)C2CC2)n(C)n1. The van der Waals surface area contributed by atoms with Crippen molar-refractivity contribution in [1.29, 1.82) is 5.26 Å². The van der Waals surface area contributed by atoms with E-state index in [-0.39, 0.29) is 0 Å². The third-order valence-corrected chi connectivity index (χ3v) is 3.33. The molecule has 1 heterocycles. The van der Waals surface area contributed by atoms with Gasteiger partial charge in [-0.2, -0.15) is 10.4 Å². The lowest BCUT2D eigenvalue weighted by Gasteiger charge is -2.20. The predicted octanol–water partition coefficient (Wildman–Crippen LogP) is 1.86. The molecule has 0 amide bonds. The first-order valence-corrected chi connectivity index (χ1v) is 6.37. The molecule has 1 saturated carbocycles. The number of hydrogen-bond acceptors (Lipinski definition) is 3. The van der Waals surface area contributed by atoms with Crippen LogP contribution in [0.5, 0.6) is 0 Å². The van der Waals surface area contributed by atoms with Crippen LogP contribution in [-0.2, 0) is 20.0 Å². The van der Waals surface area contributed by atoms with E-state index >= 15 is 0 Å². The Bertz CT molecular complexity index is 412. The fourth-order valence-electron chi connectivity index (χ4n) is 2.12. The molecule has 1 fully saturated rings. The third kappa shape index (κ3) is 3.07. The van der Waals surface area contributed by atoms with Gasteiger partial charge in [-0.25, -0.2) is 0 Å². The molecule has 0 spiro atoms.